The van der Waals surface area contributed by atoms with Crippen LogP contribution in [0.15, 0.2) is 17.5 Å². The molecule has 1 aromatic heterocycles. The zero-order valence-electron chi connectivity index (χ0n) is 10.9. The van der Waals surface area contributed by atoms with Crippen molar-refractivity contribution in [3.8, 4) is 0 Å². The second-order valence-electron chi connectivity index (χ2n) is 5.19. The first-order chi connectivity index (χ1) is 8.66. The van der Waals surface area contributed by atoms with E-state index in [0.717, 1.165) is 45.3 Å². The quantitative estimate of drug-likeness (QED) is 0.861. The molecule has 1 aliphatic heterocycles. The minimum absolute atomic E-state index is 0.482. The van der Waals surface area contributed by atoms with Gasteiger partial charge in [0.2, 0.25) is 0 Å². The summed E-state index contributed by atoms with van der Waals surface area (Å²) in [6.07, 6.45) is 3.60. The number of nitrogens with zero attached hydrogens (tertiary/aromatic N) is 1. The van der Waals surface area contributed by atoms with Gasteiger partial charge in [-0.3, -0.25) is 4.79 Å². The van der Waals surface area contributed by atoms with E-state index in [1.807, 2.05) is 0 Å². The molecule has 1 N–H and O–H groups in total. The van der Waals surface area contributed by atoms with E-state index in [9.17, 15) is 9.90 Å². The Bertz CT molecular complexity index is 391. The molecule has 1 aromatic rings. The van der Waals surface area contributed by atoms with Gasteiger partial charge in [-0.25, -0.2) is 0 Å². The SMILES string of the molecule is CCCC1(C(=O)O)CCN(CCc2cccs2)C1. The number of aliphatic carboxylic acids is 1. The van der Waals surface area contributed by atoms with E-state index in [-0.39, 0.29) is 0 Å². The summed E-state index contributed by atoms with van der Waals surface area (Å²) in [6.45, 7) is 4.71. The van der Waals surface area contributed by atoms with Crippen molar-refractivity contribution in [1.29, 1.82) is 0 Å². The first-order valence-corrected chi connectivity index (χ1v) is 7.52. The van der Waals surface area contributed by atoms with Gasteiger partial charge in [0.25, 0.3) is 0 Å². The smallest absolute Gasteiger partial charge is 0.310 e. The number of hydrogen-bond acceptors (Lipinski definition) is 3. The molecule has 2 heterocycles. The highest BCUT2D eigenvalue weighted by Crippen LogP contribution is 2.35. The zero-order chi connectivity index (χ0) is 13.0. The van der Waals surface area contributed by atoms with Crippen molar-refractivity contribution in [2.45, 2.75) is 32.6 Å². The Kier molecular flexibility index (Phi) is 4.40. The van der Waals surface area contributed by atoms with Crippen LogP contribution in [0.4, 0.5) is 0 Å². The summed E-state index contributed by atoms with van der Waals surface area (Å²) < 4.78 is 0. The van der Waals surface area contributed by atoms with Crippen LogP contribution < -0.4 is 0 Å². The van der Waals surface area contributed by atoms with Gasteiger partial charge < -0.3 is 10.0 Å². The summed E-state index contributed by atoms with van der Waals surface area (Å²) in [7, 11) is 0. The predicted molar refractivity (Wildman–Crippen MR) is 74.1 cm³/mol. The van der Waals surface area contributed by atoms with Crippen molar-refractivity contribution < 1.29 is 9.90 Å². The van der Waals surface area contributed by atoms with Crippen molar-refractivity contribution >= 4 is 17.3 Å². The van der Waals surface area contributed by atoms with Crippen LogP contribution in [-0.4, -0.2) is 35.6 Å². The van der Waals surface area contributed by atoms with Crippen molar-refractivity contribution in [2.75, 3.05) is 19.6 Å². The third kappa shape index (κ3) is 2.93. The van der Waals surface area contributed by atoms with Crippen LogP contribution in [0, 0.1) is 5.41 Å². The zero-order valence-corrected chi connectivity index (χ0v) is 11.7. The maximum absolute atomic E-state index is 11.5. The summed E-state index contributed by atoms with van der Waals surface area (Å²) in [4.78, 5) is 15.2. The van der Waals surface area contributed by atoms with E-state index in [1.165, 1.54) is 4.88 Å². The van der Waals surface area contributed by atoms with Gasteiger partial charge in [-0.2, -0.15) is 0 Å². The van der Waals surface area contributed by atoms with E-state index < -0.39 is 11.4 Å². The van der Waals surface area contributed by atoms with Crippen molar-refractivity contribution in [2.24, 2.45) is 5.41 Å². The van der Waals surface area contributed by atoms with Gasteiger partial charge in [0.1, 0.15) is 0 Å². The lowest BCUT2D eigenvalue weighted by molar-refractivity contribution is -0.148. The highest BCUT2D eigenvalue weighted by atomic mass is 32.1. The summed E-state index contributed by atoms with van der Waals surface area (Å²) in [6, 6.07) is 4.22. The van der Waals surface area contributed by atoms with Crippen LogP contribution in [0.3, 0.4) is 0 Å². The molecule has 0 saturated carbocycles. The Balaban J connectivity index is 1.88. The first-order valence-electron chi connectivity index (χ1n) is 6.64. The Labute approximate surface area is 112 Å². The summed E-state index contributed by atoms with van der Waals surface area (Å²) in [5, 5.41) is 11.5. The maximum atomic E-state index is 11.5. The molecule has 3 nitrogen and oxygen atoms in total. The summed E-state index contributed by atoms with van der Waals surface area (Å²) in [5.41, 5.74) is -0.482. The standard InChI is InChI=1S/C14H21NO2S/c1-2-6-14(13(16)17)7-9-15(11-14)8-5-12-4-3-10-18-12/h3-4,10H,2,5-9,11H2,1H3,(H,16,17). The number of rotatable bonds is 6. The molecular formula is C14H21NO2S. The van der Waals surface area contributed by atoms with Crippen LogP contribution in [0.1, 0.15) is 31.1 Å². The van der Waals surface area contributed by atoms with Crippen LogP contribution in [-0.2, 0) is 11.2 Å². The molecule has 4 heteroatoms. The lowest BCUT2D eigenvalue weighted by Crippen LogP contribution is -2.35. The van der Waals surface area contributed by atoms with Crippen LogP contribution in [0.5, 0.6) is 0 Å². The number of carboxylic acids is 1. The van der Waals surface area contributed by atoms with E-state index in [0.29, 0.717) is 0 Å². The van der Waals surface area contributed by atoms with Gasteiger partial charge in [0, 0.05) is 18.0 Å². The molecule has 1 fully saturated rings. The lowest BCUT2D eigenvalue weighted by atomic mass is 9.83. The van der Waals surface area contributed by atoms with Gasteiger partial charge in [-0.1, -0.05) is 19.4 Å². The van der Waals surface area contributed by atoms with E-state index in [1.54, 1.807) is 11.3 Å². The first kappa shape index (κ1) is 13.6. The third-order valence-corrected chi connectivity index (χ3v) is 4.81. The largest absolute Gasteiger partial charge is 0.481 e. The van der Waals surface area contributed by atoms with Gasteiger partial charge >= 0.3 is 5.97 Å². The van der Waals surface area contributed by atoms with Gasteiger partial charge in [-0.05, 0) is 37.3 Å². The molecule has 18 heavy (non-hydrogen) atoms. The molecule has 100 valence electrons. The van der Waals surface area contributed by atoms with Crippen LogP contribution in [0.25, 0.3) is 0 Å². The second-order valence-corrected chi connectivity index (χ2v) is 6.22. The number of carbonyl (C=O) groups is 1. The van der Waals surface area contributed by atoms with Gasteiger partial charge in [0.15, 0.2) is 0 Å². The Hall–Kier alpha value is -0.870. The predicted octanol–water partition coefficient (Wildman–Crippen LogP) is 2.87. The fourth-order valence-corrected chi connectivity index (χ4v) is 3.53. The Morgan fingerprint density at radius 1 is 1.61 bits per heavy atom. The molecule has 0 aromatic carbocycles. The number of hydrogen-bond donors (Lipinski definition) is 1. The molecule has 0 radical (unpaired) electrons. The normalized spacial score (nSPS) is 24.5. The molecule has 0 bridgehead atoms. The molecule has 1 atom stereocenters. The maximum Gasteiger partial charge on any atom is 0.310 e. The van der Waals surface area contributed by atoms with Crippen LogP contribution in [0.2, 0.25) is 0 Å². The highest BCUT2D eigenvalue weighted by molar-refractivity contribution is 7.09. The summed E-state index contributed by atoms with van der Waals surface area (Å²) >= 11 is 1.78. The van der Waals surface area contributed by atoms with E-state index >= 15 is 0 Å². The Morgan fingerprint density at radius 2 is 2.44 bits per heavy atom. The molecular weight excluding hydrogens is 246 g/mol. The molecule has 1 unspecified atom stereocenters. The topological polar surface area (TPSA) is 40.5 Å². The average molecular weight is 267 g/mol. The third-order valence-electron chi connectivity index (χ3n) is 3.87. The molecule has 2 rings (SSSR count). The molecule has 0 aliphatic carbocycles. The lowest BCUT2D eigenvalue weighted by Gasteiger charge is -2.24. The monoisotopic (exact) mass is 267 g/mol. The molecule has 0 amide bonds. The summed E-state index contributed by atoms with van der Waals surface area (Å²) in [5.74, 6) is -0.608. The van der Waals surface area contributed by atoms with Crippen molar-refractivity contribution in [3.63, 3.8) is 0 Å². The number of likely N-dealkylation sites (tertiary alicyclic amines) is 1. The van der Waals surface area contributed by atoms with Crippen LogP contribution >= 0.6 is 11.3 Å². The average Bonchev–Trinajstić information content (AvgIpc) is 2.96. The fraction of sp³-hybridized carbons (Fsp3) is 0.643. The van der Waals surface area contributed by atoms with Crippen molar-refractivity contribution in [3.05, 3.63) is 22.4 Å². The Morgan fingerprint density at radius 3 is 3.06 bits per heavy atom. The number of carboxylic acid groups (broad SMARTS) is 1. The van der Waals surface area contributed by atoms with Gasteiger partial charge in [-0.15, -0.1) is 11.3 Å². The fourth-order valence-electron chi connectivity index (χ4n) is 2.84. The second kappa shape index (κ2) is 5.85. The molecule has 1 saturated heterocycles. The number of thiophene rings is 1. The van der Waals surface area contributed by atoms with Crippen molar-refractivity contribution in [1.82, 2.24) is 4.90 Å². The van der Waals surface area contributed by atoms with E-state index in [2.05, 4.69) is 29.3 Å². The minimum Gasteiger partial charge on any atom is -0.481 e. The van der Waals surface area contributed by atoms with Gasteiger partial charge in [0.05, 0.1) is 5.41 Å². The van der Waals surface area contributed by atoms with E-state index in [4.69, 9.17) is 0 Å². The molecule has 0 spiro atoms. The minimum atomic E-state index is -0.608. The highest BCUT2D eigenvalue weighted by Gasteiger charge is 2.43. The molecule has 1 aliphatic rings.